The highest BCUT2D eigenvalue weighted by molar-refractivity contribution is 5.96. The number of hydrogen-bond acceptors (Lipinski definition) is 11. The molecule has 0 aromatic heterocycles. The van der Waals surface area contributed by atoms with E-state index in [1.165, 1.54) is 24.3 Å². The number of amides is 5. The number of primary amides is 1. The van der Waals surface area contributed by atoms with Gasteiger partial charge in [0.1, 0.15) is 42.6 Å². The van der Waals surface area contributed by atoms with Gasteiger partial charge in [0.2, 0.25) is 23.6 Å². The molecule has 1 rings (SSSR count). The lowest BCUT2D eigenvalue weighted by Gasteiger charge is -2.26. The van der Waals surface area contributed by atoms with Crippen LogP contribution < -0.4 is 49.5 Å². The van der Waals surface area contributed by atoms with Crippen molar-refractivity contribution in [1.82, 2.24) is 26.6 Å². The zero-order chi connectivity index (χ0) is 37.3. The Kier molecular flexibility index (Phi) is 18.2. The van der Waals surface area contributed by atoms with Crippen molar-refractivity contribution in [2.24, 2.45) is 23.1 Å². The van der Waals surface area contributed by atoms with E-state index in [2.05, 4.69) is 32.3 Å². The molecule has 19 nitrogen and oxygen atoms in total. The van der Waals surface area contributed by atoms with Gasteiger partial charge in [0, 0.05) is 12.8 Å². The van der Waals surface area contributed by atoms with Gasteiger partial charge in [-0.1, -0.05) is 26.0 Å². The highest BCUT2D eigenvalue weighted by Crippen LogP contribution is 2.13. The van der Waals surface area contributed by atoms with Crippen molar-refractivity contribution in [3.8, 4) is 5.75 Å². The maximum Gasteiger partial charge on any atom is 0.326 e. The summed E-state index contributed by atoms with van der Waals surface area (Å²) in [5.41, 5.74) is 20.3. The summed E-state index contributed by atoms with van der Waals surface area (Å²) in [6.45, 7) is 3.78. The Morgan fingerprint density at radius 2 is 1.29 bits per heavy atom. The maximum absolute atomic E-state index is 13.6. The Balaban J connectivity index is 3.33. The lowest BCUT2D eigenvalue weighted by Crippen LogP contribution is -2.69. The molecule has 0 aliphatic heterocycles. The average Bonchev–Trinajstić information content (AvgIpc) is 2.99. The molecule has 0 aliphatic carbocycles. The molecule has 0 bridgehead atoms. The highest BCUT2D eigenvalue weighted by Gasteiger charge is 2.33. The van der Waals surface area contributed by atoms with Crippen LogP contribution in [0.25, 0.3) is 0 Å². The van der Waals surface area contributed by atoms with Crippen LogP contribution >= 0.6 is 0 Å². The fraction of sp³-hybridized carbons (Fsp3) is 0.567. The van der Waals surface area contributed by atoms with Gasteiger partial charge in [0.15, 0.2) is 6.04 Å². The van der Waals surface area contributed by atoms with Crippen molar-refractivity contribution in [2.45, 2.75) is 95.3 Å². The Morgan fingerprint density at radius 1 is 0.776 bits per heavy atom. The van der Waals surface area contributed by atoms with Crippen LogP contribution in [0.3, 0.4) is 0 Å². The fourth-order valence-electron chi connectivity index (χ4n) is 4.58. The van der Waals surface area contributed by atoms with Gasteiger partial charge >= 0.3 is 11.9 Å². The van der Waals surface area contributed by atoms with Crippen molar-refractivity contribution in [3.05, 3.63) is 29.8 Å². The van der Waals surface area contributed by atoms with Crippen LogP contribution in [0.15, 0.2) is 24.3 Å². The quantitative estimate of drug-likeness (QED) is 0.0383. The zero-order valence-electron chi connectivity index (χ0n) is 27.6. The molecule has 0 spiro atoms. The monoisotopic (exact) mass is 696 g/mol. The Morgan fingerprint density at radius 3 is 1.78 bits per heavy atom. The number of hydrogen-bond donors (Lipinski definition) is 12. The van der Waals surface area contributed by atoms with Gasteiger partial charge < -0.3 is 59.5 Å². The minimum Gasteiger partial charge on any atom is -0.508 e. The smallest absolute Gasteiger partial charge is 0.326 e. The summed E-state index contributed by atoms with van der Waals surface area (Å²) < 4.78 is 0. The fourth-order valence-corrected chi connectivity index (χ4v) is 4.58. The molecule has 5 amide bonds. The van der Waals surface area contributed by atoms with Crippen molar-refractivity contribution < 1.29 is 54.6 Å². The molecule has 0 saturated heterocycles. The lowest BCUT2D eigenvalue weighted by atomic mass is 10.0. The number of benzene rings is 1. The molecule has 17 N–H and O–H groups in total. The number of carbonyl (C=O) groups excluding carboxylic acids is 5. The number of carboxylic acid groups (broad SMARTS) is 2. The number of aromatic hydroxyl groups is 1. The van der Waals surface area contributed by atoms with Gasteiger partial charge in [0.05, 0.1) is 0 Å². The Labute approximate surface area is 283 Å². The molecule has 0 aliphatic rings. The van der Waals surface area contributed by atoms with Gasteiger partial charge in [-0.15, -0.1) is 0 Å². The van der Waals surface area contributed by atoms with Gasteiger partial charge in [-0.3, -0.25) is 34.1 Å². The summed E-state index contributed by atoms with van der Waals surface area (Å²) in [6, 6.07) is -0.994. The molecule has 19 heteroatoms. The van der Waals surface area contributed by atoms with E-state index in [0.29, 0.717) is 5.56 Å². The number of rotatable bonds is 23. The van der Waals surface area contributed by atoms with Crippen LogP contribution in [-0.4, -0.2) is 99.8 Å². The lowest BCUT2D eigenvalue weighted by molar-refractivity contribution is -0.403. The SMILES string of the molecule is CC(C)C[C@H](NC(=O)[C@H](CCCNC(N)N)NC(=O)[C@H](CCC(N)=O)NC(=O)[C@H](Cc1ccc(O)cc1)NC(=O)[C@@H]([NH3+])CC(=O)O)C(=O)O. The summed E-state index contributed by atoms with van der Waals surface area (Å²) >= 11 is 0. The first kappa shape index (κ1) is 42.2. The number of carbonyl (C=O) groups is 7. The molecule has 1 aromatic rings. The van der Waals surface area contributed by atoms with E-state index in [4.69, 9.17) is 22.3 Å². The standard InChI is InChI=1S/C30H49N9O10/c1-15(2)12-22(29(48)49)39-26(45)19(4-3-11-35-30(33)34)36-27(46)20(9-10-23(32)41)37-28(47)21(13-16-5-7-17(40)8-6-16)38-25(44)18(31)14-24(42)43/h5-8,15,18-22,30,35,40H,3-4,9-14,31,33-34H2,1-2H3,(H2,32,41)(H,36,46)(H,37,47)(H,38,44)(H,39,45)(H,42,43)(H,48,49)/p+1/t18-,19-,20-,21-,22-/m0/s1. The first-order valence-corrected chi connectivity index (χ1v) is 15.7. The molecule has 0 unspecified atom stereocenters. The van der Waals surface area contributed by atoms with Crippen LogP contribution in [0, 0.1) is 5.92 Å². The topological polar surface area (TPSA) is 346 Å². The summed E-state index contributed by atoms with van der Waals surface area (Å²) in [6.07, 6.45) is -1.95. The van der Waals surface area contributed by atoms with Gasteiger partial charge in [-0.25, -0.2) is 4.79 Å². The van der Waals surface area contributed by atoms with E-state index in [0.717, 1.165) is 0 Å². The van der Waals surface area contributed by atoms with Crippen molar-refractivity contribution in [1.29, 1.82) is 0 Å². The second kappa shape index (κ2) is 21.2. The van der Waals surface area contributed by atoms with Crippen LogP contribution in [0.1, 0.15) is 57.9 Å². The Hall–Kier alpha value is -4.85. The number of quaternary nitrogens is 1. The second-order valence-corrected chi connectivity index (χ2v) is 12.0. The normalized spacial score (nSPS) is 14.2. The molecule has 0 fully saturated rings. The van der Waals surface area contributed by atoms with E-state index < -0.39 is 84.4 Å². The van der Waals surface area contributed by atoms with E-state index in [1.54, 1.807) is 13.8 Å². The molecule has 5 atom stereocenters. The van der Waals surface area contributed by atoms with Crippen molar-refractivity contribution in [3.63, 3.8) is 0 Å². The third-order valence-corrected chi connectivity index (χ3v) is 7.12. The van der Waals surface area contributed by atoms with Crippen molar-refractivity contribution in [2.75, 3.05) is 6.54 Å². The first-order chi connectivity index (χ1) is 22.9. The molecule has 0 heterocycles. The molecule has 1 aromatic carbocycles. The third-order valence-electron chi connectivity index (χ3n) is 7.12. The summed E-state index contributed by atoms with van der Waals surface area (Å²) in [5, 5.41) is 40.9. The summed E-state index contributed by atoms with van der Waals surface area (Å²) in [5.74, 6) is -7.01. The second-order valence-electron chi connectivity index (χ2n) is 12.0. The summed E-state index contributed by atoms with van der Waals surface area (Å²) in [4.78, 5) is 87.8. The molecule has 0 saturated carbocycles. The number of aliphatic carboxylic acids is 2. The van der Waals surface area contributed by atoms with Gasteiger partial charge in [0.25, 0.3) is 5.91 Å². The first-order valence-electron chi connectivity index (χ1n) is 15.7. The minimum atomic E-state index is -1.47. The minimum absolute atomic E-state index is 0.00417. The predicted octanol–water partition coefficient (Wildman–Crippen LogP) is -4.07. The molecule has 49 heavy (non-hydrogen) atoms. The molecular weight excluding hydrogens is 646 g/mol. The molecule has 274 valence electrons. The molecule has 0 radical (unpaired) electrons. The summed E-state index contributed by atoms with van der Waals surface area (Å²) in [7, 11) is 0. The van der Waals surface area contributed by atoms with E-state index in [9.17, 15) is 43.8 Å². The molecular formula is C30H50N9O10+. The van der Waals surface area contributed by atoms with E-state index in [1.807, 2.05) is 0 Å². The van der Waals surface area contributed by atoms with Gasteiger partial charge in [-0.2, -0.15) is 0 Å². The number of carboxylic acids is 2. The highest BCUT2D eigenvalue weighted by atomic mass is 16.4. The maximum atomic E-state index is 13.6. The van der Waals surface area contributed by atoms with Crippen LogP contribution in [0.4, 0.5) is 0 Å². The number of phenols is 1. The zero-order valence-corrected chi connectivity index (χ0v) is 27.6. The Bertz CT molecular complexity index is 1290. The largest absolute Gasteiger partial charge is 0.508 e. The number of nitrogens with two attached hydrogens (primary N) is 3. The third kappa shape index (κ3) is 17.2. The van der Waals surface area contributed by atoms with Gasteiger partial charge in [-0.05, 0) is 55.8 Å². The number of phenolic OH excluding ortho intramolecular Hbond substituents is 1. The predicted molar refractivity (Wildman–Crippen MR) is 173 cm³/mol. The van der Waals surface area contributed by atoms with Crippen LogP contribution in [-0.2, 0) is 40.0 Å². The van der Waals surface area contributed by atoms with E-state index >= 15 is 0 Å². The average molecular weight is 697 g/mol. The number of nitrogens with one attached hydrogen (secondary N) is 5. The van der Waals surface area contributed by atoms with Crippen LogP contribution in [0.5, 0.6) is 5.75 Å². The van der Waals surface area contributed by atoms with E-state index in [-0.39, 0.29) is 56.7 Å². The van der Waals surface area contributed by atoms with Crippen LogP contribution in [0.2, 0.25) is 0 Å². The van der Waals surface area contributed by atoms with Crippen molar-refractivity contribution >= 4 is 41.5 Å².